The third-order valence-electron chi connectivity index (χ3n) is 3.21. The van der Waals surface area contributed by atoms with Crippen molar-refractivity contribution in [3.8, 4) is 0 Å². The minimum absolute atomic E-state index is 0.0495. The summed E-state index contributed by atoms with van der Waals surface area (Å²) in [6.45, 7) is 6.26. The molecule has 0 saturated heterocycles. The van der Waals surface area contributed by atoms with Gasteiger partial charge in [-0.3, -0.25) is 4.79 Å². The highest BCUT2D eigenvalue weighted by atomic mass is 79.9. The summed E-state index contributed by atoms with van der Waals surface area (Å²) in [6, 6.07) is 0. The molecular weight excluding hydrogens is 242 g/mol. The molecule has 0 heterocycles. The summed E-state index contributed by atoms with van der Waals surface area (Å²) in [6.07, 6.45) is 4.60. The van der Waals surface area contributed by atoms with Gasteiger partial charge in [0.2, 0.25) is 5.91 Å². The van der Waals surface area contributed by atoms with Crippen molar-refractivity contribution >= 4 is 21.8 Å². The van der Waals surface area contributed by atoms with Crippen LogP contribution >= 0.6 is 15.9 Å². The second-order valence-electron chi connectivity index (χ2n) is 4.62. The van der Waals surface area contributed by atoms with E-state index in [0.29, 0.717) is 5.92 Å². The lowest BCUT2D eigenvalue weighted by molar-refractivity contribution is -0.124. The Hall–Kier alpha value is -0.0500. The largest absolute Gasteiger partial charge is 0.350 e. The van der Waals surface area contributed by atoms with Gasteiger partial charge in [0.05, 0.1) is 4.83 Å². The first-order valence-electron chi connectivity index (χ1n) is 5.47. The smallest absolute Gasteiger partial charge is 0.234 e. The molecule has 0 bridgehead atoms. The summed E-state index contributed by atoms with van der Waals surface area (Å²) < 4.78 is 0. The Morgan fingerprint density at radius 3 is 2.36 bits per heavy atom. The molecule has 0 spiro atoms. The van der Waals surface area contributed by atoms with Crippen LogP contribution in [0.25, 0.3) is 0 Å². The summed E-state index contributed by atoms with van der Waals surface area (Å²) in [7, 11) is 0. The molecule has 82 valence electrons. The Morgan fingerprint density at radius 1 is 1.50 bits per heavy atom. The molecule has 1 unspecified atom stereocenters. The average molecular weight is 262 g/mol. The minimum atomic E-state index is -0.0495. The number of carbonyl (C=O) groups is 1. The molecule has 3 heteroatoms. The fourth-order valence-electron chi connectivity index (χ4n) is 1.80. The van der Waals surface area contributed by atoms with E-state index in [9.17, 15) is 4.79 Å². The zero-order chi connectivity index (χ0) is 10.8. The zero-order valence-electron chi connectivity index (χ0n) is 9.27. The van der Waals surface area contributed by atoms with Gasteiger partial charge in [-0.05, 0) is 31.6 Å². The molecular formula is C11H20BrNO. The highest BCUT2D eigenvalue weighted by Gasteiger charge is 2.37. The predicted molar refractivity (Wildman–Crippen MR) is 62.6 cm³/mol. The van der Waals surface area contributed by atoms with Crippen LogP contribution in [0.1, 0.15) is 46.5 Å². The number of amides is 1. The molecule has 1 fully saturated rings. The van der Waals surface area contributed by atoms with E-state index in [1.54, 1.807) is 0 Å². The van der Waals surface area contributed by atoms with E-state index in [0.717, 1.165) is 19.3 Å². The molecule has 0 aliphatic heterocycles. The SMILES string of the molecule is CCC1(NC(=O)C(Br)C(C)C)CCC1. The van der Waals surface area contributed by atoms with Crippen LogP contribution in [-0.2, 0) is 4.79 Å². The maximum absolute atomic E-state index is 11.8. The zero-order valence-corrected chi connectivity index (χ0v) is 10.9. The van der Waals surface area contributed by atoms with Crippen LogP contribution < -0.4 is 5.32 Å². The quantitative estimate of drug-likeness (QED) is 0.775. The third-order valence-corrected chi connectivity index (χ3v) is 4.68. The van der Waals surface area contributed by atoms with E-state index < -0.39 is 0 Å². The van der Waals surface area contributed by atoms with Gasteiger partial charge in [-0.15, -0.1) is 0 Å². The van der Waals surface area contributed by atoms with Crippen LogP contribution in [0, 0.1) is 5.92 Å². The lowest BCUT2D eigenvalue weighted by Crippen LogP contribution is -2.55. The van der Waals surface area contributed by atoms with Gasteiger partial charge in [0.25, 0.3) is 0 Å². The predicted octanol–water partition coefficient (Wildman–Crippen LogP) is 2.85. The van der Waals surface area contributed by atoms with Crippen molar-refractivity contribution < 1.29 is 4.79 Å². The Kier molecular flexibility index (Phi) is 3.99. The monoisotopic (exact) mass is 261 g/mol. The van der Waals surface area contributed by atoms with Gasteiger partial charge in [0.1, 0.15) is 0 Å². The van der Waals surface area contributed by atoms with Gasteiger partial charge >= 0.3 is 0 Å². The van der Waals surface area contributed by atoms with Gasteiger partial charge in [-0.1, -0.05) is 36.7 Å². The van der Waals surface area contributed by atoms with E-state index in [-0.39, 0.29) is 16.3 Å². The maximum Gasteiger partial charge on any atom is 0.234 e. The summed E-state index contributed by atoms with van der Waals surface area (Å²) in [5.74, 6) is 0.505. The van der Waals surface area contributed by atoms with Crippen molar-refractivity contribution in [2.24, 2.45) is 5.92 Å². The summed E-state index contributed by atoms with van der Waals surface area (Å²) in [5, 5.41) is 3.17. The van der Waals surface area contributed by atoms with Gasteiger partial charge in [-0.25, -0.2) is 0 Å². The number of rotatable bonds is 4. The molecule has 1 saturated carbocycles. The second kappa shape index (κ2) is 4.65. The van der Waals surface area contributed by atoms with Gasteiger partial charge in [0, 0.05) is 5.54 Å². The molecule has 14 heavy (non-hydrogen) atoms. The summed E-state index contributed by atoms with van der Waals surface area (Å²) in [4.78, 5) is 11.7. The van der Waals surface area contributed by atoms with Crippen LogP contribution in [0.4, 0.5) is 0 Å². The molecule has 1 N–H and O–H groups in total. The fourth-order valence-corrected chi connectivity index (χ4v) is 1.92. The lowest BCUT2D eigenvalue weighted by Gasteiger charge is -2.42. The number of carbonyl (C=O) groups excluding carboxylic acids is 1. The number of alkyl halides is 1. The molecule has 0 aromatic carbocycles. The number of hydrogen-bond acceptors (Lipinski definition) is 1. The number of hydrogen-bond donors (Lipinski definition) is 1. The van der Waals surface area contributed by atoms with Crippen molar-refractivity contribution in [2.75, 3.05) is 0 Å². The van der Waals surface area contributed by atoms with Gasteiger partial charge in [0.15, 0.2) is 0 Å². The number of halogens is 1. The Balaban J connectivity index is 2.47. The minimum Gasteiger partial charge on any atom is -0.350 e. The van der Waals surface area contributed by atoms with E-state index >= 15 is 0 Å². The topological polar surface area (TPSA) is 29.1 Å². The summed E-state index contributed by atoms with van der Waals surface area (Å²) in [5.41, 5.74) is 0.123. The molecule has 1 atom stereocenters. The van der Waals surface area contributed by atoms with Crippen LogP contribution in [0.15, 0.2) is 0 Å². The Morgan fingerprint density at radius 2 is 2.07 bits per heavy atom. The van der Waals surface area contributed by atoms with Crippen LogP contribution in [-0.4, -0.2) is 16.3 Å². The highest BCUT2D eigenvalue weighted by molar-refractivity contribution is 9.10. The van der Waals surface area contributed by atoms with Crippen molar-refractivity contribution in [3.05, 3.63) is 0 Å². The second-order valence-corrected chi connectivity index (χ2v) is 5.61. The van der Waals surface area contributed by atoms with E-state index in [1.165, 1.54) is 6.42 Å². The summed E-state index contributed by atoms with van der Waals surface area (Å²) >= 11 is 3.43. The molecule has 1 aliphatic rings. The van der Waals surface area contributed by atoms with Crippen molar-refractivity contribution in [1.82, 2.24) is 5.32 Å². The third kappa shape index (κ3) is 2.50. The van der Waals surface area contributed by atoms with Crippen molar-refractivity contribution in [2.45, 2.75) is 56.8 Å². The van der Waals surface area contributed by atoms with Crippen LogP contribution in [0.5, 0.6) is 0 Å². The highest BCUT2D eigenvalue weighted by Crippen LogP contribution is 2.35. The van der Waals surface area contributed by atoms with Crippen LogP contribution in [0.3, 0.4) is 0 Å². The first kappa shape index (κ1) is 12.0. The Bertz CT molecular complexity index is 206. The van der Waals surface area contributed by atoms with Gasteiger partial charge in [-0.2, -0.15) is 0 Å². The maximum atomic E-state index is 11.8. The first-order chi connectivity index (χ1) is 6.51. The van der Waals surface area contributed by atoms with Crippen molar-refractivity contribution in [3.63, 3.8) is 0 Å². The molecule has 1 aliphatic carbocycles. The molecule has 0 aromatic heterocycles. The molecule has 1 amide bonds. The standard InChI is InChI=1S/C11H20BrNO/c1-4-11(6-5-7-11)13-10(14)9(12)8(2)3/h8-9H,4-7H2,1-3H3,(H,13,14). The van der Waals surface area contributed by atoms with E-state index in [1.807, 2.05) is 0 Å². The van der Waals surface area contributed by atoms with Crippen LogP contribution in [0.2, 0.25) is 0 Å². The number of nitrogens with one attached hydrogen (secondary N) is 1. The molecule has 0 radical (unpaired) electrons. The molecule has 2 nitrogen and oxygen atoms in total. The molecule has 1 rings (SSSR count). The molecule has 0 aromatic rings. The normalized spacial score (nSPS) is 21.5. The van der Waals surface area contributed by atoms with Crippen molar-refractivity contribution in [1.29, 1.82) is 0 Å². The van der Waals surface area contributed by atoms with Gasteiger partial charge < -0.3 is 5.32 Å². The van der Waals surface area contributed by atoms with E-state index in [2.05, 4.69) is 42.0 Å². The average Bonchev–Trinajstić information content (AvgIpc) is 2.09. The fraction of sp³-hybridized carbons (Fsp3) is 0.909. The van der Waals surface area contributed by atoms with E-state index in [4.69, 9.17) is 0 Å². The lowest BCUT2D eigenvalue weighted by atomic mass is 9.74. The Labute approximate surface area is 95.0 Å². The first-order valence-corrected chi connectivity index (χ1v) is 6.38.